The Bertz CT molecular complexity index is 574. The molecular weight excluding hydrogens is 224 g/mol. The van der Waals surface area contributed by atoms with Crippen molar-refractivity contribution in [1.29, 1.82) is 0 Å². The normalized spacial score (nSPS) is 11.4. The molecule has 0 N–H and O–H groups in total. The van der Waals surface area contributed by atoms with Crippen molar-refractivity contribution in [3.63, 3.8) is 0 Å². The predicted molar refractivity (Wildman–Crippen MR) is 78.3 cm³/mol. The summed E-state index contributed by atoms with van der Waals surface area (Å²) < 4.78 is 0. The highest BCUT2D eigenvalue weighted by Gasteiger charge is 2.01. The van der Waals surface area contributed by atoms with Gasteiger partial charge in [-0.05, 0) is 22.9 Å². The molecule has 0 fully saturated rings. The molecule has 0 nitrogen and oxygen atoms in total. The maximum atomic E-state index is 3.82. The Hall–Kier alpha value is -1.73. The van der Waals surface area contributed by atoms with Gasteiger partial charge in [-0.3, -0.25) is 0 Å². The maximum Gasteiger partial charge on any atom is 0.0200 e. The van der Waals surface area contributed by atoms with Crippen LogP contribution in [0.5, 0.6) is 0 Å². The van der Waals surface area contributed by atoms with Gasteiger partial charge in [0.1, 0.15) is 0 Å². The van der Waals surface area contributed by atoms with Gasteiger partial charge in [-0.2, -0.15) is 0 Å². The van der Waals surface area contributed by atoms with Crippen LogP contribution in [0.3, 0.4) is 0 Å². The van der Waals surface area contributed by atoms with E-state index >= 15 is 0 Å². The third kappa shape index (κ3) is 2.69. The van der Waals surface area contributed by atoms with E-state index in [1.165, 1.54) is 15.7 Å². The summed E-state index contributed by atoms with van der Waals surface area (Å²) in [7, 11) is 0. The lowest BCUT2D eigenvalue weighted by Crippen LogP contribution is -1.77. The molecule has 0 saturated heterocycles. The van der Waals surface area contributed by atoms with Gasteiger partial charge in [0.15, 0.2) is 0 Å². The van der Waals surface area contributed by atoms with Crippen LogP contribution in [-0.4, -0.2) is 0 Å². The summed E-state index contributed by atoms with van der Waals surface area (Å²) in [4.78, 5) is 2.35. The Morgan fingerprint density at radius 2 is 1.76 bits per heavy atom. The van der Waals surface area contributed by atoms with Crippen LogP contribution in [0.25, 0.3) is 10.8 Å². The van der Waals surface area contributed by atoms with Crippen LogP contribution in [0.4, 0.5) is 0 Å². The van der Waals surface area contributed by atoms with E-state index in [1.54, 1.807) is 17.8 Å². The number of hydrogen-bond acceptors (Lipinski definition) is 1. The predicted octanol–water partition coefficient (Wildman–Crippen LogP) is 5.19. The van der Waals surface area contributed by atoms with Crippen molar-refractivity contribution in [1.82, 2.24) is 0 Å². The summed E-state index contributed by atoms with van der Waals surface area (Å²) in [6.07, 6.45) is 5.61. The zero-order chi connectivity index (χ0) is 12.1. The van der Waals surface area contributed by atoms with Crippen molar-refractivity contribution < 1.29 is 0 Å². The highest BCUT2D eigenvalue weighted by atomic mass is 32.2. The molecule has 0 aliphatic rings. The van der Waals surface area contributed by atoms with Crippen LogP contribution in [0.2, 0.25) is 0 Å². The van der Waals surface area contributed by atoms with Gasteiger partial charge >= 0.3 is 0 Å². The monoisotopic (exact) mass is 238 g/mol. The standard InChI is InChI=1S/C16H14S/c1-3-8-14(4-2)17-16-12-7-10-13-9-5-6-11-15(13)16/h3-12H,1-2H2/b14-8+. The average Bonchev–Trinajstić information content (AvgIpc) is 2.38. The third-order valence-corrected chi connectivity index (χ3v) is 3.58. The lowest BCUT2D eigenvalue weighted by atomic mass is 10.1. The van der Waals surface area contributed by atoms with E-state index in [9.17, 15) is 0 Å². The molecule has 2 aromatic carbocycles. The van der Waals surface area contributed by atoms with Crippen molar-refractivity contribution in [2.75, 3.05) is 0 Å². The number of fused-ring (bicyclic) bond motifs is 1. The van der Waals surface area contributed by atoms with E-state index in [0.717, 1.165) is 4.91 Å². The highest BCUT2D eigenvalue weighted by molar-refractivity contribution is 8.03. The molecule has 0 saturated carbocycles. The summed E-state index contributed by atoms with van der Waals surface area (Å²) >= 11 is 1.71. The zero-order valence-electron chi connectivity index (χ0n) is 9.60. The molecule has 0 amide bonds. The van der Waals surface area contributed by atoms with E-state index < -0.39 is 0 Å². The largest absolute Gasteiger partial charge is 0.0990 e. The molecule has 0 aliphatic carbocycles. The minimum absolute atomic E-state index is 1.11. The lowest BCUT2D eigenvalue weighted by Gasteiger charge is -2.06. The van der Waals surface area contributed by atoms with Gasteiger partial charge < -0.3 is 0 Å². The first-order chi connectivity index (χ1) is 8.35. The van der Waals surface area contributed by atoms with Gasteiger partial charge in [0.05, 0.1) is 0 Å². The van der Waals surface area contributed by atoms with Crippen LogP contribution in [0, 0.1) is 0 Å². The molecule has 2 aromatic rings. The zero-order valence-corrected chi connectivity index (χ0v) is 10.4. The van der Waals surface area contributed by atoms with Crippen LogP contribution in [0.15, 0.2) is 83.7 Å². The average molecular weight is 238 g/mol. The fourth-order valence-corrected chi connectivity index (χ4v) is 2.62. The Morgan fingerprint density at radius 3 is 2.53 bits per heavy atom. The van der Waals surface area contributed by atoms with Crippen molar-refractivity contribution >= 4 is 22.5 Å². The molecule has 2 rings (SSSR count). The van der Waals surface area contributed by atoms with Gasteiger partial charge in [-0.1, -0.05) is 73.5 Å². The van der Waals surface area contributed by atoms with Crippen molar-refractivity contribution in [3.8, 4) is 0 Å². The summed E-state index contributed by atoms with van der Waals surface area (Å²) in [5.74, 6) is 0. The topological polar surface area (TPSA) is 0 Å². The van der Waals surface area contributed by atoms with E-state index in [4.69, 9.17) is 0 Å². The van der Waals surface area contributed by atoms with E-state index in [-0.39, 0.29) is 0 Å². The molecule has 0 atom stereocenters. The van der Waals surface area contributed by atoms with Crippen LogP contribution < -0.4 is 0 Å². The summed E-state index contributed by atoms with van der Waals surface area (Å²) in [6, 6.07) is 14.7. The van der Waals surface area contributed by atoms with E-state index in [0.29, 0.717) is 0 Å². The maximum absolute atomic E-state index is 3.82. The first kappa shape index (κ1) is 11.7. The minimum Gasteiger partial charge on any atom is -0.0990 e. The molecule has 17 heavy (non-hydrogen) atoms. The first-order valence-corrected chi connectivity index (χ1v) is 6.27. The number of hydrogen-bond donors (Lipinski definition) is 0. The van der Waals surface area contributed by atoms with Crippen molar-refractivity contribution in [2.24, 2.45) is 0 Å². The van der Waals surface area contributed by atoms with Crippen LogP contribution in [0.1, 0.15) is 0 Å². The van der Waals surface area contributed by atoms with Crippen LogP contribution >= 0.6 is 11.8 Å². The van der Waals surface area contributed by atoms with Gasteiger partial charge in [-0.25, -0.2) is 0 Å². The summed E-state index contributed by atoms with van der Waals surface area (Å²) in [5, 5.41) is 2.54. The molecule has 0 heterocycles. The number of rotatable bonds is 4. The molecule has 0 aromatic heterocycles. The van der Waals surface area contributed by atoms with Crippen LogP contribution in [-0.2, 0) is 0 Å². The number of benzene rings is 2. The Balaban J connectivity index is 2.45. The molecule has 0 spiro atoms. The van der Waals surface area contributed by atoms with Gasteiger partial charge in [0.2, 0.25) is 0 Å². The Kier molecular flexibility index (Phi) is 3.84. The molecular formula is C16H14S. The van der Waals surface area contributed by atoms with E-state index in [1.807, 2.05) is 12.2 Å². The number of allylic oxidation sites excluding steroid dienone is 3. The Morgan fingerprint density at radius 1 is 1.00 bits per heavy atom. The SMILES string of the molecule is C=C/C=C(\C=C)Sc1cccc2ccccc12. The van der Waals surface area contributed by atoms with Crippen molar-refractivity contribution in [2.45, 2.75) is 4.90 Å². The minimum atomic E-state index is 1.11. The van der Waals surface area contributed by atoms with Gasteiger partial charge in [0, 0.05) is 9.80 Å². The van der Waals surface area contributed by atoms with Crippen molar-refractivity contribution in [3.05, 3.63) is 78.8 Å². The molecule has 1 heteroatoms. The third-order valence-electron chi connectivity index (χ3n) is 2.46. The fraction of sp³-hybridized carbons (Fsp3) is 0. The second kappa shape index (κ2) is 5.55. The first-order valence-electron chi connectivity index (χ1n) is 5.46. The fourth-order valence-electron chi connectivity index (χ4n) is 1.67. The summed E-state index contributed by atoms with van der Waals surface area (Å²) in [5.41, 5.74) is 0. The molecule has 0 unspecified atom stereocenters. The Labute approximate surface area is 106 Å². The summed E-state index contributed by atoms with van der Waals surface area (Å²) in [6.45, 7) is 7.53. The highest BCUT2D eigenvalue weighted by Crippen LogP contribution is 2.33. The molecule has 0 aliphatic heterocycles. The molecule has 84 valence electrons. The van der Waals surface area contributed by atoms with Gasteiger partial charge in [-0.15, -0.1) is 0 Å². The second-order valence-corrected chi connectivity index (χ2v) is 4.70. The second-order valence-electron chi connectivity index (χ2n) is 3.59. The smallest absolute Gasteiger partial charge is 0.0200 e. The molecule has 0 radical (unpaired) electrons. The van der Waals surface area contributed by atoms with E-state index in [2.05, 4.69) is 55.6 Å². The number of thioether (sulfide) groups is 1. The molecule has 0 bridgehead atoms. The quantitative estimate of drug-likeness (QED) is 0.522. The lowest BCUT2D eigenvalue weighted by molar-refractivity contribution is 1.55. The van der Waals surface area contributed by atoms with Gasteiger partial charge in [0.25, 0.3) is 0 Å².